The zero-order valence-corrected chi connectivity index (χ0v) is 20.5. The Balaban J connectivity index is 1.50. The van der Waals surface area contributed by atoms with Crippen molar-refractivity contribution < 1.29 is 13.9 Å². The Morgan fingerprint density at radius 2 is 1.84 bits per heavy atom. The van der Waals surface area contributed by atoms with Crippen molar-refractivity contribution in [2.24, 2.45) is 0 Å². The summed E-state index contributed by atoms with van der Waals surface area (Å²) in [4.78, 5) is 11.9. The third-order valence-corrected chi connectivity index (χ3v) is 8.18. The SMILES string of the molecule is C#Cc1c(F)ccc2cc(O)cc(-c3ncc4c(N5CC6CCC(C5)N6)nc(C5CC5)c(C)c4c3F)c12. The first kappa shape index (κ1) is 22.4. The van der Waals surface area contributed by atoms with Crippen LogP contribution in [0.15, 0.2) is 30.5 Å². The highest BCUT2D eigenvalue weighted by Gasteiger charge is 2.36. The summed E-state index contributed by atoms with van der Waals surface area (Å²) >= 11 is 0. The molecule has 0 spiro atoms. The first-order valence-electron chi connectivity index (χ1n) is 12.8. The molecule has 2 aromatic carbocycles. The van der Waals surface area contributed by atoms with Crippen LogP contribution in [0.1, 0.15) is 48.4 Å². The summed E-state index contributed by atoms with van der Waals surface area (Å²) in [7, 11) is 0. The number of terminal acetylenes is 1. The molecule has 2 unspecified atom stereocenters. The van der Waals surface area contributed by atoms with Crippen LogP contribution < -0.4 is 10.2 Å². The normalized spacial score (nSPS) is 21.1. The van der Waals surface area contributed by atoms with Crippen molar-refractivity contribution in [2.75, 3.05) is 18.0 Å². The second-order valence-electron chi connectivity index (χ2n) is 10.6. The fraction of sp³-hybridized carbons (Fsp3) is 0.333. The van der Waals surface area contributed by atoms with Crippen LogP contribution in [0.2, 0.25) is 0 Å². The third-order valence-electron chi connectivity index (χ3n) is 8.18. The quantitative estimate of drug-likeness (QED) is 0.365. The third kappa shape index (κ3) is 3.47. The van der Waals surface area contributed by atoms with E-state index in [4.69, 9.17) is 11.4 Å². The molecule has 1 aliphatic carbocycles. The minimum atomic E-state index is -0.574. The highest BCUT2D eigenvalue weighted by atomic mass is 19.1. The van der Waals surface area contributed by atoms with E-state index in [9.17, 15) is 9.50 Å². The molecule has 2 bridgehead atoms. The zero-order chi connectivity index (χ0) is 25.4. The number of anilines is 1. The molecule has 3 aliphatic rings. The maximum Gasteiger partial charge on any atom is 0.157 e. The summed E-state index contributed by atoms with van der Waals surface area (Å²) in [6.45, 7) is 3.59. The van der Waals surface area contributed by atoms with Crippen LogP contribution in [-0.4, -0.2) is 40.2 Å². The van der Waals surface area contributed by atoms with E-state index in [1.165, 1.54) is 24.3 Å². The van der Waals surface area contributed by atoms with Crippen molar-refractivity contribution in [3.05, 3.63) is 58.9 Å². The topological polar surface area (TPSA) is 61.3 Å². The van der Waals surface area contributed by atoms with Crippen LogP contribution in [0.5, 0.6) is 5.75 Å². The van der Waals surface area contributed by atoms with Gasteiger partial charge in [-0.2, -0.15) is 0 Å². The summed E-state index contributed by atoms with van der Waals surface area (Å²) in [5, 5.41) is 16.1. The number of hydrogen-bond acceptors (Lipinski definition) is 5. The number of piperazine rings is 1. The number of nitrogens with zero attached hydrogens (tertiary/aromatic N) is 3. The molecular weight excluding hydrogens is 470 g/mol. The maximum absolute atomic E-state index is 16.6. The van der Waals surface area contributed by atoms with Gasteiger partial charge in [0.15, 0.2) is 5.82 Å². The first-order chi connectivity index (χ1) is 17.9. The van der Waals surface area contributed by atoms with Crippen LogP contribution >= 0.6 is 0 Å². The molecule has 7 heteroatoms. The Morgan fingerprint density at radius 3 is 2.54 bits per heavy atom. The number of pyridine rings is 2. The van der Waals surface area contributed by atoms with Gasteiger partial charge < -0.3 is 15.3 Å². The van der Waals surface area contributed by atoms with Gasteiger partial charge >= 0.3 is 0 Å². The molecule has 2 saturated heterocycles. The van der Waals surface area contributed by atoms with Gasteiger partial charge in [-0.05, 0) is 61.8 Å². The molecule has 5 nitrogen and oxygen atoms in total. The predicted molar refractivity (Wildman–Crippen MR) is 141 cm³/mol. The smallest absolute Gasteiger partial charge is 0.157 e. The molecule has 2 atom stereocenters. The number of phenols is 1. The first-order valence-corrected chi connectivity index (χ1v) is 12.8. The van der Waals surface area contributed by atoms with Gasteiger partial charge in [0, 0.05) is 64.7 Å². The largest absolute Gasteiger partial charge is 0.508 e. The van der Waals surface area contributed by atoms with Gasteiger partial charge in [-0.15, -0.1) is 6.42 Å². The number of aromatic nitrogens is 2. The molecule has 186 valence electrons. The van der Waals surface area contributed by atoms with Crippen LogP contribution in [0, 0.1) is 30.9 Å². The van der Waals surface area contributed by atoms with Crippen LogP contribution in [-0.2, 0) is 0 Å². The average molecular weight is 497 g/mol. The fourth-order valence-electron chi connectivity index (χ4n) is 6.32. The van der Waals surface area contributed by atoms with Crippen molar-refractivity contribution in [2.45, 2.75) is 50.6 Å². The van der Waals surface area contributed by atoms with Gasteiger partial charge in [0.2, 0.25) is 0 Å². The molecule has 2 aromatic heterocycles. The number of halogens is 2. The summed E-state index contributed by atoms with van der Waals surface area (Å²) in [5.74, 6) is 2.38. The maximum atomic E-state index is 16.6. The molecule has 7 rings (SSSR count). The minimum absolute atomic E-state index is 0.0240. The monoisotopic (exact) mass is 496 g/mol. The van der Waals surface area contributed by atoms with Gasteiger partial charge in [0.25, 0.3) is 0 Å². The van der Waals surface area contributed by atoms with E-state index in [1.54, 1.807) is 6.20 Å². The van der Waals surface area contributed by atoms with Crippen LogP contribution in [0.4, 0.5) is 14.6 Å². The number of nitrogens with one attached hydrogen (secondary N) is 1. The highest BCUT2D eigenvalue weighted by molar-refractivity contribution is 6.04. The van der Waals surface area contributed by atoms with Crippen molar-refractivity contribution in [3.8, 4) is 29.4 Å². The predicted octanol–water partition coefficient (Wildman–Crippen LogP) is 5.54. The summed E-state index contributed by atoms with van der Waals surface area (Å²) in [5.41, 5.74) is 2.09. The van der Waals surface area contributed by atoms with Gasteiger partial charge in [0.1, 0.15) is 23.1 Å². The lowest BCUT2D eigenvalue weighted by atomic mass is 9.94. The van der Waals surface area contributed by atoms with E-state index in [0.717, 1.165) is 55.8 Å². The van der Waals surface area contributed by atoms with Gasteiger partial charge in [-0.3, -0.25) is 4.98 Å². The lowest BCUT2D eigenvalue weighted by Crippen LogP contribution is -2.51. The Morgan fingerprint density at radius 1 is 1.08 bits per heavy atom. The Bertz CT molecular complexity index is 1640. The number of hydrogen-bond donors (Lipinski definition) is 2. The Labute approximate surface area is 213 Å². The molecule has 0 radical (unpaired) electrons. The number of phenolic OH excluding ortho intramolecular Hbond substituents is 1. The lowest BCUT2D eigenvalue weighted by Gasteiger charge is -2.35. The van der Waals surface area contributed by atoms with Gasteiger partial charge in [0.05, 0.1) is 5.56 Å². The number of rotatable bonds is 3. The van der Waals surface area contributed by atoms with E-state index in [-0.39, 0.29) is 22.6 Å². The number of aromatic hydroxyl groups is 1. The zero-order valence-electron chi connectivity index (χ0n) is 20.5. The Hall–Kier alpha value is -3.76. The average Bonchev–Trinajstić information content (AvgIpc) is 3.67. The van der Waals surface area contributed by atoms with Crippen molar-refractivity contribution in [3.63, 3.8) is 0 Å². The molecule has 4 aromatic rings. The number of fused-ring (bicyclic) bond motifs is 4. The fourth-order valence-corrected chi connectivity index (χ4v) is 6.32. The van der Waals surface area contributed by atoms with Crippen LogP contribution in [0.25, 0.3) is 32.8 Å². The van der Waals surface area contributed by atoms with Crippen LogP contribution in [0.3, 0.4) is 0 Å². The molecule has 2 N–H and O–H groups in total. The second kappa shape index (κ2) is 8.12. The lowest BCUT2D eigenvalue weighted by molar-refractivity contribution is 0.464. The molecule has 3 fully saturated rings. The molecule has 4 heterocycles. The molecule has 2 aliphatic heterocycles. The molecular formula is C30H26F2N4O. The second-order valence-corrected chi connectivity index (χ2v) is 10.6. The van der Waals surface area contributed by atoms with E-state index >= 15 is 4.39 Å². The summed E-state index contributed by atoms with van der Waals surface area (Å²) in [6, 6.07) is 6.52. The van der Waals surface area contributed by atoms with E-state index in [0.29, 0.717) is 39.5 Å². The molecule has 37 heavy (non-hydrogen) atoms. The minimum Gasteiger partial charge on any atom is -0.508 e. The van der Waals surface area contributed by atoms with Crippen molar-refractivity contribution >= 4 is 27.4 Å². The highest BCUT2D eigenvalue weighted by Crippen LogP contribution is 2.46. The number of aryl methyl sites for hydroxylation is 1. The Kier molecular flexibility index (Phi) is 4.93. The van der Waals surface area contributed by atoms with Crippen molar-refractivity contribution in [1.82, 2.24) is 15.3 Å². The van der Waals surface area contributed by atoms with Gasteiger partial charge in [-0.25, -0.2) is 13.8 Å². The van der Waals surface area contributed by atoms with Gasteiger partial charge in [-0.1, -0.05) is 12.0 Å². The summed E-state index contributed by atoms with van der Waals surface area (Å²) < 4.78 is 31.3. The van der Waals surface area contributed by atoms with E-state index in [1.807, 2.05) is 6.92 Å². The van der Waals surface area contributed by atoms with E-state index < -0.39 is 11.6 Å². The molecule has 1 saturated carbocycles. The number of benzene rings is 2. The standard InChI is InChI=1S/C30H26F2N4O/c1-3-21-24(31)9-6-17-10-20(37)11-22(26(17)21)29-27(32)25-15(2)28(16-4-5-16)35-30(23(25)12-33-29)36-13-18-7-8-19(14-36)34-18/h1,6,9-12,16,18-19,34,37H,4-5,7-8,13-14H2,2H3. The molecule has 0 amide bonds. The van der Waals surface area contributed by atoms with E-state index in [2.05, 4.69) is 21.1 Å². The summed E-state index contributed by atoms with van der Waals surface area (Å²) in [6.07, 6.45) is 11.7. The van der Waals surface area contributed by atoms with Crippen molar-refractivity contribution in [1.29, 1.82) is 0 Å².